The second-order valence-corrected chi connectivity index (χ2v) is 10.2. The monoisotopic (exact) mass is 497 g/mol. The van der Waals surface area contributed by atoms with Gasteiger partial charge in [0.25, 0.3) is 5.91 Å². The number of carbonyl (C=O) groups is 2. The van der Waals surface area contributed by atoms with Gasteiger partial charge in [-0.2, -0.15) is 5.26 Å². The van der Waals surface area contributed by atoms with Crippen molar-refractivity contribution in [2.75, 3.05) is 0 Å². The molecular formula is C32H25N4O2. The van der Waals surface area contributed by atoms with Crippen LogP contribution < -0.4 is 5.32 Å². The van der Waals surface area contributed by atoms with Crippen LogP contribution in [0.1, 0.15) is 57.8 Å². The topological polar surface area (TPSA) is 95.7 Å². The van der Waals surface area contributed by atoms with Gasteiger partial charge in [0.2, 0.25) is 0 Å². The highest BCUT2D eigenvalue weighted by Crippen LogP contribution is 2.47. The molecule has 0 unspecified atom stereocenters. The molecule has 2 heterocycles. The maximum absolute atomic E-state index is 13.1. The van der Waals surface area contributed by atoms with Crippen molar-refractivity contribution in [2.24, 2.45) is 0 Å². The van der Waals surface area contributed by atoms with E-state index < -0.39 is 5.41 Å². The Balaban J connectivity index is 1.21. The maximum atomic E-state index is 13.1. The third-order valence-corrected chi connectivity index (χ3v) is 7.44. The molecule has 4 aromatic rings. The zero-order chi connectivity index (χ0) is 26.4. The number of rotatable bonds is 5. The summed E-state index contributed by atoms with van der Waals surface area (Å²) in [4.78, 5) is 34.1. The van der Waals surface area contributed by atoms with Crippen molar-refractivity contribution in [3.05, 3.63) is 112 Å². The lowest BCUT2D eigenvalue weighted by atomic mass is 9.77. The van der Waals surface area contributed by atoms with Crippen LogP contribution in [0.2, 0.25) is 0 Å². The Kier molecular flexibility index (Phi) is 5.65. The van der Waals surface area contributed by atoms with E-state index in [0.717, 1.165) is 39.7 Å². The number of hydrogen-bond acceptors (Lipinski definition) is 5. The number of hydrogen-bond donors (Lipinski definition) is 1. The number of carbonyl (C=O) groups excluding carboxylic acids is 2. The van der Waals surface area contributed by atoms with Crippen LogP contribution >= 0.6 is 0 Å². The molecule has 6 heteroatoms. The predicted molar refractivity (Wildman–Crippen MR) is 145 cm³/mol. The van der Waals surface area contributed by atoms with Gasteiger partial charge in [-0.05, 0) is 74.2 Å². The number of benzene rings is 2. The van der Waals surface area contributed by atoms with Crippen LogP contribution in [0.3, 0.4) is 0 Å². The molecule has 1 amide bonds. The van der Waals surface area contributed by atoms with E-state index in [-0.39, 0.29) is 18.2 Å². The predicted octanol–water partition coefficient (Wildman–Crippen LogP) is 5.67. The van der Waals surface area contributed by atoms with Crippen LogP contribution in [0.15, 0.2) is 78.0 Å². The number of nitriles is 1. The molecule has 6 nitrogen and oxygen atoms in total. The zero-order valence-electron chi connectivity index (χ0n) is 21.2. The van der Waals surface area contributed by atoms with Gasteiger partial charge in [-0.3, -0.25) is 14.6 Å². The number of nitrogens with one attached hydrogen (secondary N) is 1. The summed E-state index contributed by atoms with van der Waals surface area (Å²) in [5, 5.41) is 13.8. The molecule has 6 rings (SSSR count). The van der Waals surface area contributed by atoms with Crippen molar-refractivity contribution in [3.63, 3.8) is 0 Å². The molecule has 1 N–H and O–H groups in total. The van der Waals surface area contributed by atoms with Crippen molar-refractivity contribution < 1.29 is 9.59 Å². The third kappa shape index (κ3) is 4.37. The van der Waals surface area contributed by atoms with Gasteiger partial charge in [0.1, 0.15) is 0 Å². The number of nitrogens with zero attached hydrogens (tertiary/aromatic N) is 3. The molecule has 2 aromatic heterocycles. The van der Waals surface area contributed by atoms with E-state index in [4.69, 9.17) is 4.98 Å². The Morgan fingerprint density at radius 3 is 2.74 bits per heavy atom. The molecule has 0 fully saturated rings. The molecule has 38 heavy (non-hydrogen) atoms. The minimum atomic E-state index is -0.650. The molecule has 185 valence electrons. The summed E-state index contributed by atoms with van der Waals surface area (Å²) in [6, 6.07) is 21.3. The molecule has 2 aliphatic rings. The first-order chi connectivity index (χ1) is 18.3. The van der Waals surface area contributed by atoms with E-state index in [1.165, 1.54) is 11.1 Å². The molecule has 0 saturated heterocycles. The fourth-order valence-electron chi connectivity index (χ4n) is 5.16. The second-order valence-electron chi connectivity index (χ2n) is 10.2. The summed E-state index contributed by atoms with van der Waals surface area (Å²) in [6.45, 7) is 3.75. The first-order valence-electron chi connectivity index (χ1n) is 12.6. The van der Waals surface area contributed by atoms with Crippen molar-refractivity contribution in [1.82, 2.24) is 15.3 Å². The van der Waals surface area contributed by atoms with Gasteiger partial charge in [0.05, 0.1) is 34.9 Å². The second kappa shape index (κ2) is 9.04. The Hall–Kier alpha value is -4.63. The highest BCUT2D eigenvalue weighted by molar-refractivity contribution is 5.95. The number of fused-ring (bicyclic) bond motifs is 2. The lowest BCUT2D eigenvalue weighted by Crippen LogP contribution is -2.25. The van der Waals surface area contributed by atoms with Crippen LogP contribution in [0, 0.1) is 17.8 Å². The van der Waals surface area contributed by atoms with Gasteiger partial charge in [-0.15, -0.1) is 0 Å². The SMILES string of the molecule is CC(=O)c1cccc(-c2ccc3cnc(CNC(=O)c4ccc5c(c4)[C@](C)(C#N)CC4=C([CH]4)C5)cc3n2)c1. The lowest BCUT2D eigenvalue weighted by Gasteiger charge is -2.24. The average molecular weight is 498 g/mol. The van der Waals surface area contributed by atoms with Gasteiger partial charge >= 0.3 is 0 Å². The summed E-state index contributed by atoms with van der Waals surface area (Å²) >= 11 is 0. The van der Waals surface area contributed by atoms with Crippen molar-refractivity contribution in [1.29, 1.82) is 5.26 Å². The Morgan fingerprint density at radius 1 is 1.05 bits per heavy atom. The molecular weight excluding hydrogens is 472 g/mol. The Labute approximate surface area is 221 Å². The molecule has 1 radical (unpaired) electrons. The van der Waals surface area contributed by atoms with E-state index in [9.17, 15) is 14.9 Å². The van der Waals surface area contributed by atoms with Crippen LogP contribution in [0.4, 0.5) is 0 Å². The molecule has 0 spiro atoms. The van der Waals surface area contributed by atoms with Crippen LogP contribution in [0.5, 0.6) is 0 Å². The van der Waals surface area contributed by atoms with Gasteiger partial charge in [-0.1, -0.05) is 35.4 Å². The Morgan fingerprint density at radius 2 is 1.92 bits per heavy atom. The van der Waals surface area contributed by atoms with Crippen molar-refractivity contribution >= 4 is 22.6 Å². The molecule has 0 bridgehead atoms. The first kappa shape index (κ1) is 23.7. The highest BCUT2D eigenvalue weighted by atomic mass is 16.1. The summed E-state index contributed by atoms with van der Waals surface area (Å²) in [6.07, 6.45) is 5.42. The van der Waals surface area contributed by atoms with Gasteiger partial charge in [-0.25, -0.2) is 4.98 Å². The van der Waals surface area contributed by atoms with Crippen molar-refractivity contribution in [2.45, 2.75) is 38.6 Å². The van der Waals surface area contributed by atoms with Crippen LogP contribution in [0.25, 0.3) is 22.2 Å². The van der Waals surface area contributed by atoms with Crippen LogP contribution in [-0.2, 0) is 18.4 Å². The number of ketones is 1. The Bertz CT molecular complexity index is 1730. The van der Waals surface area contributed by atoms with E-state index in [2.05, 4.69) is 22.8 Å². The van der Waals surface area contributed by atoms with Crippen molar-refractivity contribution in [3.8, 4) is 17.3 Å². The zero-order valence-corrected chi connectivity index (χ0v) is 21.2. The number of Topliss-reactive ketones (excluding diaryl/α,β-unsaturated/α-hetero) is 1. The molecule has 0 saturated carbocycles. The van der Waals surface area contributed by atoms with E-state index >= 15 is 0 Å². The quantitative estimate of drug-likeness (QED) is 0.358. The minimum Gasteiger partial charge on any atom is -0.346 e. The maximum Gasteiger partial charge on any atom is 0.251 e. The van der Waals surface area contributed by atoms with E-state index in [1.54, 1.807) is 19.2 Å². The van der Waals surface area contributed by atoms with E-state index in [1.807, 2.05) is 61.5 Å². The minimum absolute atomic E-state index is 0.00879. The molecule has 2 aliphatic carbocycles. The number of aromatic nitrogens is 2. The summed E-state index contributed by atoms with van der Waals surface area (Å²) in [5.41, 5.74) is 8.22. The summed E-state index contributed by atoms with van der Waals surface area (Å²) < 4.78 is 0. The third-order valence-electron chi connectivity index (χ3n) is 7.44. The molecule has 1 atom stereocenters. The number of amides is 1. The van der Waals surface area contributed by atoms with Gasteiger partial charge in [0, 0.05) is 34.7 Å². The summed E-state index contributed by atoms with van der Waals surface area (Å²) in [7, 11) is 0. The fourth-order valence-corrected chi connectivity index (χ4v) is 5.16. The van der Waals surface area contributed by atoms with Gasteiger partial charge < -0.3 is 5.32 Å². The largest absolute Gasteiger partial charge is 0.346 e. The van der Waals surface area contributed by atoms with E-state index in [0.29, 0.717) is 23.2 Å². The van der Waals surface area contributed by atoms with Crippen LogP contribution in [-0.4, -0.2) is 21.7 Å². The average Bonchev–Trinajstić information content (AvgIpc) is 3.68. The van der Waals surface area contributed by atoms with Gasteiger partial charge in [0.15, 0.2) is 5.78 Å². The number of pyridine rings is 2. The fraction of sp³-hybridized carbons (Fsp3) is 0.188. The highest BCUT2D eigenvalue weighted by Gasteiger charge is 2.39. The molecule has 2 aromatic carbocycles. The first-order valence-corrected chi connectivity index (χ1v) is 12.6. The smallest absolute Gasteiger partial charge is 0.251 e. The summed E-state index contributed by atoms with van der Waals surface area (Å²) in [5.74, 6) is -0.200. The normalized spacial score (nSPS) is 17.7. The molecule has 0 aliphatic heterocycles. The lowest BCUT2D eigenvalue weighted by molar-refractivity contribution is 0.0949. The number of allylic oxidation sites excluding steroid dienone is 2. The standard InChI is InChI=1S/C32H25N4O2/c1-19(37)20-4-3-5-22(10-20)29-9-8-24-16-34-27(14-30(24)36-29)17-35-31(38)23-7-6-21-11-25-12-26(25)15-32(2,18-33)28(21)13-23/h3-10,12-14,16H,11,15,17H2,1-2H3,(H,35,38)/t32-/m0/s1.